The molecule has 1 aromatic carbocycles. The number of thioether (sulfide) groups is 1. The minimum Gasteiger partial charge on any atom is -0.352 e. The number of nitriles is 1. The van der Waals surface area contributed by atoms with Crippen molar-refractivity contribution in [2.24, 2.45) is 0 Å². The van der Waals surface area contributed by atoms with Crippen molar-refractivity contribution < 1.29 is 14.1 Å². The van der Waals surface area contributed by atoms with Crippen LogP contribution in [-0.2, 0) is 14.1 Å². The standard InChI is InChI=1S/C30H41N6O3PS/c1-6-25-26(39-40(32-16-11-18-37)36(21(2)3)22(4)5)20-27(38-25)35-17-14-24-29(35)33-28(23-12-8-7-9-13-23)34-30(24)41-19-10-15-31/h7-9,12-14,17-18,21-22,25-27,32H,6,10-11,16,19-20H2,1-5H3/t25-,26-,27-,40?/m1/s1. The maximum Gasteiger partial charge on any atom is 0.185 e. The van der Waals surface area contributed by atoms with Gasteiger partial charge in [-0.1, -0.05) is 37.3 Å². The van der Waals surface area contributed by atoms with Crippen LogP contribution < -0.4 is 5.09 Å². The highest BCUT2D eigenvalue weighted by atomic mass is 32.2. The second kappa shape index (κ2) is 15.2. The van der Waals surface area contributed by atoms with Crippen molar-refractivity contribution in [3.63, 3.8) is 0 Å². The first-order chi connectivity index (χ1) is 19.9. The van der Waals surface area contributed by atoms with Crippen LogP contribution in [0.3, 0.4) is 0 Å². The van der Waals surface area contributed by atoms with Gasteiger partial charge in [-0.05, 0) is 40.2 Å². The van der Waals surface area contributed by atoms with Gasteiger partial charge in [-0.2, -0.15) is 5.26 Å². The van der Waals surface area contributed by atoms with Crippen molar-refractivity contribution in [1.82, 2.24) is 24.3 Å². The molecule has 41 heavy (non-hydrogen) atoms. The van der Waals surface area contributed by atoms with Crippen molar-refractivity contribution in [3.8, 4) is 17.5 Å². The normalized spacial score (nSPS) is 19.8. The van der Waals surface area contributed by atoms with Gasteiger partial charge in [0.1, 0.15) is 23.2 Å². The lowest BCUT2D eigenvalue weighted by Gasteiger charge is -2.38. The number of aromatic nitrogens is 3. The highest BCUT2D eigenvalue weighted by Crippen LogP contribution is 2.47. The van der Waals surface area contributed by atoms with Crippen LogP contribution in [0.2, 0.25) is 0 Å². The molecule has 11 heteroatoms. The number of nitrogens with one attached hydrogen (secondary N) is 1. The van der Waals surface area contributed by atoms with E-state index >= 15 is 0 Å². The summed E-state index contributed by atoms with van der Waals surface area (Å²) in [4.78, 5) is 20.9. The number of fused-ring (bicyclic) bond motifs is 1. The molecule has 1 N–H and O–H groups in total. The molecule has 9 nitrogen and oxygen atoms in total. The van der Waals surface area contributed by atoms with E-state index in [2.05, 4.69) is 55.0 Å². The Balaban J connectivity index is 1.64. The second-order valence-corrected chi connectivity index (χ2v) is 13.2. The number of ether oxygens (including phenoxy) is 1. The summed E-state index contributed by atoms with van der Waals surface area (Å²) in [6, 6.07) is 14.8. The number of aldehydes is 1. The second-order valence-electron chi connectivity index (χ2n) is 10.6. The molecule has 1 aliphatic rings. The largest absolute Gasteiger partial charge is 0.352 e. The van der Waals surface area contributed by atoms with Crippen molar-refractivity contribution in [1.29, 1.82) is 5.26 Å². The van der Waals surface area contributed by atoms with Gasteiger partial charge in [0.25, 0.3) is 0 Å². The van der Waals surface area contributed by atoms with Crippen molar-refractivity contribution in [2.75, 3.05) is 12.3 Å². The monoisotopic (exact) mass is 596 g/mol. The molecule has 1 aliphatic heterocycles. The number of hydrogen-bond donors (Lipinski definition) is 1. The molecular formula is C30H41N6O3PS. The minimum absolute atomic E-state index is 0.0728. The molecule has 0 aliphatic carbocycles. The Labute approximate surface area is 249 Å². The molecule has 4 rings (SSSR count). The average molecular weight is 597 g/mol. The van der Waals surface area contributed by atoms with Crippen LogP contribution in [0.1, 0.15) is 66.5 Å². The fourth-order valence-electron chi connectivity index (χ4n) is 5.14. The lowest BCUT2D eigenvalue weighted by atomic mass is 10.1. The average Bonchev–Trinajstić information content (AvgIpc) is 3.57. The van der Waals surface area contributed by atoms with Crippen molar-refractivity contribution >= 4 is 37.5 Å². The lowest BCUT2D eigenvalue weighted by molar-refractivity contribution is -0.107. The van der Waals surface area contributed by atoms with Crippen molar-refractivity contribution in [2.45, 2.75) is 95.8 Å². The zero-order valence-corrected chi connectivity index (χ0v) is 26.3. The molecule has 3 heterocycles. The van der Waals surface area contributed by atoms with E-state index in [-0.39, 0.29) is 30.5 Å². The Morgan fingerprint density at radius 3 is 2.66 bits per heavy atom. The van der Waals surface area contributed by atoms with Crippen LogP contribution in [0, 0.1) is 11.3 Å². The van der Waals surface area contributed by atoms with Crippen LogP contribution in [0.25, 0.3) is 22.4 Å². The topological polar surface area (TPSA) is 105 Å². The molecule has 1 fully saturated rings. The summed E-state index contributed by atoms with van der Waals surface area (Å²) < 4.78 is 17.9. The predicted molar refractivity (Wildman–Crippen MR) is 165 cm³/mol. The summed E-state index contributed by atoms with van der Waals surface area (Å²) in [6.07, 6.45) is 4.94. The third-order valence-corrected chi connectivity index (χ3v) is 10.2. The molecule has 0 radical (unpaired) electrons. The molecule has 2 aromatic heterocycles. The molecule has 0 saturated carbocycles. The number of nitrogens with zero attached hydrogens (tertiary/aromatic N) is 5. The lowest BCUT2D eigenvalue weighted by Crippen LogP contribution is -2.39. The van der Waals surface area contributed by atoms with Crippen LogP contribution in [0.15, 0.2) is 47.6 Å². The molecule has 220 valence electrons. The van der Waals surface area contributed by atoms with Gasteiger partial charge in [-0.15, -0.1) is 11.8 Å². The van der Waals surface area contributed by atoms with Gasteiger partial charge < -0.3 is 18.6 Å². The van der Waals surface area contributed by atoms with E-state index < -0.39 is 8.45 Å². The zero-order chi connectivity index (χ0) is 29.4. The van der Waals surface area contributed by atoms with Crippen LogP contribution in [-0.4, -0.2) is 62.1 Å². The summed E-state index contributed by atoms with van der Waals surface area (Å²) in [5.41, 5.74) is 1.76. The Morgan fingerprint density at radius 1 is 1.24 bits per heavy atom. The number of carbonyl (C=O) groups excluding carboxylic acids is 1. The SMILES string of the molecule is CC[C@H]1O[C@@H](n2ccc3c(SCCC#N)nc(-c4ccccc4)nc32)C[C@H]1OP(NCCC=O)N(C(C)C)C(C)C. The maximum atomic E-state index is 11.0. The molecule has 3 aromatic rings. The van der Waals surface area contributed by atoms with E-state index in [0.717, 1.165) is 34.3 Å². The van der Waals surface area contributed by atoms with Gasteiger partial charge in [0.2, 0.25) is 0 Å². The maximum absolute atomic E-state index is 11.0. The van der Waals surface area contributed by atoms with E-state index in [1.165, 1.54) is 0 Å². The number of carbonyl (C=O) groups is 1. The predicted octanol–water partition coefficient (Wildman–Crippen LogP) is 6.71. The molecule has 1 unspecified atom stereocenters. The van der Waals surface area contributed by atoms with E-state index in [0.29, 0.717) is 37.4 Å². The highest BCUT2D eigenvalue weighted by molar-refractivity contribution is 7.99. The summed E-state index contributed by atoms with van der Waals surface area (Å²) in [5.74, 6) is 1.32. The molecular weight excluding hydrogens is 555 g/mol. The number of benzene rings is 1. The number of rotatable bonds is 15. The molecule has 0 spiro atoms. The Bertz CT molecular complexity index is 1310. The van der Waals surface area contributed by atoms with E-state index in [4.69, 9.17) is 24.5 Å². The summed E-state index contributed by atoms with van der Waals surface area (Å²) in [6.45, 7) is 11.4. The van der Waals surface area contributed by atoms with Gasteiger partial charge in [0, 0.05) is 55.4 Å². The number of hydrogen-bond acceptors (Lipinski definition) is 9. The molecule has 1 saturated heterocycles. The first-order valence-electron chi connectivity index (χ1n) is 14.4. The zero-order valence-electron chi connectivity index (χ0n) is 24.6. The minimum atomic E-state index is -1.14. The van der Waals surface area contributed by atoms with E-state index in [9.17, 15) is 4.79 Å². The smallest absolute Gasteiger partial charge is 0.185 e. The van der Waals surface area contributed by atoms with Gasteiger partial charge in [-0.3, -0.25) is 5.09 Å². The Kier molecular flexibility index (Phi) is 11.7. The Hall–Kier alpha value is -2.38. The van der Waals surface area contributed by atoms with Crippen molar-refractivity contribution in [3.05, 3.63) is 42.6 Å². The summed E-state index contributed by atoms with van der Waals surface area (Å²) in [5, 5.41) is 14.4. The molecule has 4 atom stereocenters. The van der Waals surface area contributed by atoms with Gasteiger partial charge in [-0.25, -0.2) is 14.6 Å². The third-order valence-electron chi connectivity index (χ3n) is 6.93. The van der Waals surface area contributed by atoms with E-state index in [1.54, 1.807) is 11.8 Å². The third kappa shape index (κ3) is 7.72. The Morgan fingerprint density at radius 2 is 2.00 bits per heavy atom. The van der Waals surface area contributed by atoms with Crippen LogP contribution >= 0.6 is 20.2 Å². The van der Waals surface area contributed by atoms with E-state index in [1.807, 2.05) is 42.6 Å². The van der Waals surface area contributed by atoms with Crippen LogP contribution in [0.4, 0.5) is 0 Å². The molecule has 0 amide bonds. The molecule has 0 bridgehead atoms. The summed E-state index contributed by atoms with van der Waals surface area (Å²) in [7, 11) is -1.14. The first kappa shape index (κ1) is 31.6. The first-order valence-corrected chi connectivity index (χ1v) is 16.6. The van der Waals surface area contributed by atoms with Gasteiger partial charge in [0.15, 0.2) is 14.3 Å². The quantitative estimate of drug-likeness (QED) is 0.0674. The van der Waals surface area contributed by atoms with Gasteiger partial charge >= 0.3 is 0 Å². The fraction of sp³-hybridized carbons (Fsp3) is 0.533. The fourth-order valence-corrected chi connectivity index (χ4v) is 7.98. The highest BCUT2D eigenvalue weighted by Gasteiger charge is 2.40. The van der Waals surface area contributed by atoms with Gasteiger partial charge in [0.05, 0.1) is 23.7 Å². The summed E-state index contributed by atoms with van der Waals surface area (Å²) >= 11 is 1.58. The van der Waals surface area contributed by atoms with Crippen LogP contribution in [0.5, 0.6) is 0 Å².